The zero-order valence-electron chi connectivity index (χ0n) is 10.7. The minimum absolute atomic E-state index is 1.11. The third-order valence-corrected chi connectivity index (χ3v) is 4.64. The summed E-state index contributed by atoms with van der Waals surface area (Å²) in [5.41, 5.74) is 4.87. The third kappa shape index (κ3) is 2.58. The summed E-state index contributed by atoms with van der Waals surface area (Å²) in [4.78, 5) is 0. The zero-order valence-corrected chi connectivity index (χ0v) is 13.9. The maximum Gasteiger partial charge on any atom is 0.0253 e. The van der Waals surface area contributed by atoms with Gasteiger partial charge in [0.05, 0.1) is 0 Å². The molecule has 0 bridgehead atoms. The molecule has 0 aliphatic heterocycles. The maximum absolute atomic E-state index is 3.65. The van der Waals surface area contributed by atoms with Crippen molar-refractivity contribution in [2.45, 2.75) is 0 Å². The average Bonchev–Trinajstić information content (AvgIpc) is 2.48. The van der Waals surface area contributed by atoms with Gasteiger partial charge >= 0.3 is 0 Å². The summed E-state index contributed by atoms with van der Waals surface area (Å²) in [6, 6.07) is 25.1. The molecule has 0 heterocycles. The first-order chi connectivity index (χ1) is 9.77. The van der Waals surface area contributed by atoms with Gasteiger partial charge in [-0.05, 0) is 34.4 Å². The molecule has 0 fully saturated rings. The first-order valence-corrected chi connectivity index (χ1v) is 7.95. The minimum Gasteiger partial charge on any atom is -0.0616 e. The molecule has 0 aliphatic carbocycles. The van der Waals surface area contributed by atoms with Crippen molar-refractivity contribution in [1.82, 2.24) is 0 Å². The molecule has 0 aliphatic rings. The van der Waals surface area contributed by atoms with Gasteiger partial charge in [0.1, 0.15) is 0 Å². The Morgan fingerprint density at radius 3 is 1.05 bits per heavy atom. The molecule has 0 radical (unpaired) electrons. The van der Waals surface area contributed by atoms with Crippen LogP contribution in [0.3, 0.4) is 0 Å². The van der Waals surface area contributed by atoms with E-state index in [1.165, 1.54) is 22.3 Å². The van der Waals surface area contributed by atoms with Crippen LogP contribution < -0.4 is 0 Å². The van der Waals surface area contributed by atoms with E-state index in [0.29, 0.717) is 0 Å². The normalized spacial score (nSPS) is 10.5. The van der Waals surface area contributed by atoms with Gasteiger partial charge in [-0.15, -0.1) is 0 Å². The molecular formula is C18H12Br2. The summed E-state index contributed by atoms with van der Waals surface area (Å²) in [7, 11) is 0. The Kier molecular flexibility index (Phi) is 4.04. The Hall–Kier alpha value is -1.38. The van der Waals surface area contributed by atoms with Crippen molar-refractivity contribution < 1.29 is 0 Å². The lowest BCUT2D eigenvalue weighted by molar-refractivity contribution is 1.54. The van der Waals surface area contributed by atoms with Crippen LogP contribution >= 0.6 is 31.9 Å². The van der Waals surface area contributed by atoms with Crippen molar-refractivity contribution in [3.63, 3.8) is 0 Å². The number of benzene rings is 3. The smallest absolute Gasteiger partial charge is 0.0253 e. The molecule has 0 unspecified atom stereocenters. The second-order valence-electron chi connectivity index (χ2n) is 4.51. The summed E-state index contributed by atoms with van der Waals surface area (Å²) in [6.45, 7) is 0. The van der Waals surface area contributed by atoms with Crippen LogP contribution in [0.15, 0.2) is 81.7 Å². The Morgan fingerprint density at radius 2 is 0.700 bits per heavy atom. The molecule has 0 nitrogen and oxygen atoms in total. The number of halogens is 2. The van der Waals surface area contributed by atoms with Crippen molar-refractivity contribution in [3.05, 3.63) is 81.7 Å². The van der Waals surface area contributed by atoms with E-state index in [-0.39, 0.29) is 0 Å². The molecule has 98 valence electrons. The van der Waals surface area contributed by atoms with Gasteiger partial charge in [0, 0.05) is 8.95 Å². The summed E-state index contributed by atoms with van der Waals surface area (Å²) in [5.74, 6) is 0. The first-order valence-electron chi connectivity index (χ1n) is 6.36. The molecule has 3 aromatic rings. The molecule has 0 spiro atoms. The molecule has 0 amide bonds. The average molecular weight is 388 g/mol. The summed E-state index contributed by atoms with van der Waals surface area (Å²) in [6.07, 6.45) is 0. The Bertz CT molecular complexity index is 683. The van der Waals surface area contributed by atoms with Gasteiger partial charge in [-0.1, -0.05) is 92.5 Å². The van der Waals surface area contributed by atoms with Crippen LogP contribution in [0.2, 0.25) is 0 Å². The lowest BCUT2D eigenvalue weighted by Gasteiger charge is -2.12. The fourth-order valence-corrected chi connectivity index (χ4v) is 3.31. The van der Waals surface area contributed by atoms with Crippen LogP contribution in [0.5, 0.6) is 0 Å². The fraction of sp³-hybridized carbons (Fsp3) is 0. The predicted molar refractivity (Wildman–Crippen MR) is 92.7 cm³/mol. The van der Waals surface area contributed by atoms with Crippen LogP contribution in [0, 0.1) is 0 Å². The van der Waals surface area contributed by atoms with Crippen LogP contribution in [0.4, 0.5) is 0 Å². The molecule has 0 N–H and O–H groups in total. The lowest BCUT2D eigenvalue weighted by atomic mass is 9.95. The minimum atomic E-state index is 1.11. The molecular weight excluding hydrogens is 376 g/mol. The predicted octanol–water partition coefficient (Wildman–Crippen LogP) is 6.55. The standard InChI is InChI=1S/C18H12Br2/c19-17-11-5-3-9-15(17)13-7-1-2-8-14(13)16-10-4-6-12-18(16)20/h1-12H. The second-order valence-corrected chi connectivity index (χ2v) is 6.21. The topological polar surface area (TPSA) is 0 Å². The van der Waals surface area contributed by atoms with Crippen molar-refractivity contribution in [2.24, 2.45) is 0 Å². The van der Waals surface area contributed by atoms with Crippen LogP contribution in [-0.4, -0.2) is 0 Å². The van der Waals surface area contributed by atoms with E-state index >= 15 is 0 Å². The van der Waals surface area contributed by atoms with Gasteiger partial charge < -0.3 is 0 Å². The van der Waals surface area contributed by atoms with E-state index in [1.54, 1.807) is 0 Å². The molecule has 20 heavy (non-hydrogen) atoms. The molecule has 0 atom stereocenters. The van der Waals surface area contributed by atoms with E-state index < -0.39 is 0 Å². The molecule has 0 saturated heterocycles. The van der Waals surface area contributed by atoms with Gasteiger partial charge in [0.15, 0.2) is 0 Å². The molecule has 3 aromatic carbocycles. The van der Waals surface area contributed by atoms with Crippen LogP contribution in [0.25, 0.3) is 22.3 Å². The highest BCUT2D eigenvalue weighted by Gasteiger charge is 2.10. The molecule has 0 aromatic heterocycles. The van der Waals surface area contributed by atoms with Gasteiger partial charge in [-0.2, -0.15) is 0 Å². The van der Waals surface area contributed by atoms with Gasteiger partial charge in [-0.3, -0.25) is 0 Å². The molecule has 2 heteroatoms. The second kappa shape index (κ2) is 5.94. The highest BCUT2D eigenvalue weighted by atomic mass is 79.9. The van der Waals surface area contributed by atoms with Gasteiger partial charge in [0.2, 0.25) is 0 Å². The van der Waals surface area contributed by atoms with Gasteiger partial charge in [0.25, 0.3) is 0 Å². The quantitative estimate of drug-likeness (QED) is 0.467. The summed E-state index contributed by atoms with van der Waals surface area (Å²) in [5, 5.41) is 0. The summed E-state index contributed by atoms with van der Waals surface area (Å²) < 4.78 is 2.22. The van der Waals surface area contributed by atoms with E-state index in [1.807, 2.05) is 12.1 Å². The Labute approximate surface area is 135 Å². The maximum atomic E-state index is 3.65. The number of hydrogen-bond donors (Lipinski definition) is 0. The van der Waals surface area contributed by atoms with E-state index in [0.717, 1.165) is 8.95 Å². The fourth-order valence-electron chi connectivity index (χ4n) is 2.31. The van der Waals surface area contributed by atoms with E-state index in [9.17, 15) is 0 Å². The van der Waals surface area contributed by atoms with E-state index in [2.05, 4.69) is 92.5 Å². The molecule has 3 rings (SSSR count). The van der Waals surface area contributed by atoms with Gasteiger partial charge in [-0.25, -0.2) is 0 Å². The number of rotatable bonds is 2. The van der Waals surface area contributed by atoms with Crippen molar-refractivity contribution in [1.29, 1.82) is 0 Å². The highest BCUT2D eigenvalue weighted by Crippen LogP contribution is 2.38. The van der Waals surface area contributed by atoms with Crippen molar-refractivity contribution in [2.75, 3.05) is 0 Å². The van der Waals surface area contributed by atoms with Crippen LogP contribution in [0.1, 0.15) is 0 Å². The van der Waals surface area contributed by atoms with Crippen LogP contribution in [-0.2, 0) is 0 Å². The van der Waals surface area contributed by atoms with Crippen molar-refractivity contribution in [3.8, 4) is 22.3 Å². The number of hydrogen-bond acceptors (Lipinski definition) is 0. The molecule has 0 saturated carbocycles. The Morgan fingerprint density at radius 1 is 0.400 bits per heavy atom. The highest BCUT2D eigenvalue weighted by molar-refractivity contribution is 9.11. The monoisotopic (exact) mass is 386 g/mol. The van der Waals surface area contributed by atoms with E-state index in [4.69, 9.17) is 0 Å². The lowest BCUT2D eigenvalue weighted by Crippen LogP contribution is -1.86. The zero-order chi connectivity index (χ0) is 13.9. The third-order valence-electron chi connectivity index (χ3n) is 3.26. The largest absolute Gasteiger partial charge is 0.0616 e. The first kappa shape index (κ1) is 13.6. The SMILES string of the molecule is Brc1ccccc1-c1ccccc1-c1ccccc1Br. The van der Waals surface area contributed by atoms with Crippen molar-refractivity contribution >= 4 is 31.9 Å². The summed E-state index contributed by atoms with van der Waals surface area (Å²) >= 11 is 7.29. The Balaban J connectivity index is 2.25.